The van der Waals surface area contributed by atoms with E-state index in [1.165, 1.54) is 24.1 Å². The summed E-state index contributed by atoms with van der Waals surface area (Å²) >= 11 is 0. The van der Waals surface area contributed by atoms with E-state index >= 15 is 0 Å². The van der Waals surface area contributed by atoms with Crippen LogP contribution in [0.5, 0.6) is 0 Å². The first kappa shape index (κ1) is 23.0. The van der Waals surface area contributed by atoms with Gasteiger partial charge in [-0.3, -0.25) is 9.58 Å². The minimum absolute atomic E-state index is 0.201. The molecule has 11 heteroatoms. The van der Waals surface area contributed by atoms with Gasteiger partial charge in [0.2, 0.25) is 0 Å². The topological polar surface area (TPSA) is 76.2 Å². The fourth-order valence-corrected chi connectivity index (χ4v) is 4.56. The zero-order valence-electron chi connectivity index (χ0n) is 17.9. The van der Waals surface area contributed by atoms with Gasteiger partial charge in [0.15, 0.2) is 0 Å². The Balaban J connectivity index is 0.000000325. The molecule has 1 saturated heterocycles. The number of imidazole rings is 1. The minimum atomic E-state index is -5.08. The van der Waals surface area contributed by atoms with Crippen molar-refractivity contribution in [1.82, 2.24) is 24.2 Å². The third kappa shape index (κ3) is 5.08. The molecule has 0 bridgehead atoms. The third-order valence-electron chi connectivity index (χ3n) is 6.03. The van der Waals surface area contributed by atoms with Crippen molar-refractivity contribution in [2.45, 2.75) is 32.1 Å². The zero-order valence-corrected chi connectivity index (χ0v) is 17.9. The summed E-state index contributed by atoms with van der Waals surface area (Å²) in [6.07, 6.45) is 3.11. The molecule has 1 atom stereocenters. The van der Waals surface area contributed by atoms with Gasteiger partial charge in [-0.05, 0) is 42.8 Å². The Labute approximate surface area is 187 Å². The van der Waals surface area contributed by atoms with Gasteiger partial charge in [-0.15, -0.1) is 0 Å². The first-order chi connectivity index (χ1) is 15.5. The molecule has 1 spiro atoms. The summed E-state index contributed by atoms with van der Waals surface area (Å²) in [5.74, 6) is -1.80. The number of alkyl halides is 3. The molecule has 0 aliphatic carbocycles. The lowest BCUT2D eigenvalue weighted by Crippen LogP contribution is -2.28. The quantitative estimate of drug-likeness (QED) is 0.600. The average molecular weight is 465 g/mol. The van der Waals surface area contributed by atoms with E-state index in [2.05, 4.69) is 25.7 Å². The standard InChI is InChI=1S/C20H22FN5.C2HF3O2/c1-24-11-15(9-23-24)12-25-7-6-20(13-25)8-19-22-10-18(26(19)14-20)16-2-4-17(21)5-3-16;3-2(4,5)1(6)7/h2-5,9-11H,6-8,12-14H2,1H3;(H,6,7). The highest BCUT2D eigenvalue weighted by Crippen LogP contribution is 2.42. The van der Waals surface area contributed by atoms with Crippen LogP contribution >= 0.6 is 0 Å². The molecule has 1 N–H and O–H groups in total. The van der Waals surface area contributed by atoms with Crippen LogP contribution in [0, 0.1) is 11.2 Å². The Bertz CT molecular complexity index is 1140. The van der Waals surface area contributed by atoms with Gasteiger partial charge in [0.1, 0.15) is 11.6 Å². The lowest BCUT2D eigenvalue weighted by molar-refractivity contribution is -0.192. The first-order valence-electron chi connectivity index (χ1n) is 10.3. The number of carbonyl (C=O) groups is 1. The van der Waals surface area contributed by atoms with Crippen LogP contribution in [0.2, 0.25) is 0 Å². The number of hydrogen-bond donors (Lipinski definition) is 1. The van der Waals surface area contributed by atoms with Crippen molar-refractivity contribution < 1.29 is 27.5 Å². The van der Waals surface area contributed by atoms with Crippen LogP contribution in [0.15, 0.2) is 42.9 Å². The maximum atomic E-state index is 13.2. The van der Waals surface area contributed by atoms with Crippen molar-refractivity contribution >= 4 is 5.97 Å². The van der Waals surface area contributed by atoms with Gasteiger partial charge in [0.05, 0.1) is 18.1 Å². The van der Waals surface area contributed by atoms with Crippen molar-refractivity contribution in [3.05, 3.63) is 60.1 Å². The fraction of sp³-hybridized carbons (Fsp3) is 0.409. The second-order valence-corrected chi connectivity index (χ2v) is 8.62. The van der Waals surface area contributed by atoms with E-state index in [0.29, 0.717) is 0 Å². The highest BCUT2D eigenvalue weighted by atomic mass is 19.4. The molecular weight excluding hydrogens is 442 g/mol. The number of rotatable bonds is 3. The van der Waals surface area contributed by atoms with Crippen molar-refractivity contribution in [1.29, 1.82) is 0 Å². The van der Waals surface area contributed by atoms with Crippen molar-refractivity contribution in [3.8, 4) is 11.3 Å². The SMILES string of the molecule is Cn1cc(CN2CCC3(Cc4ncc(-c5ccc(F)cc5)n4C3)C2)cn1.O=C(O)C(F)(F)F. The maximum absolute atomic E-state index is 13.2. The van der Waals surface area contributed by atoms with E-state index in [1.54, 1.807) is 0 Å². The number of carboxylic acid groups (broad SMARTS) is 1. The molecule has 7 nitrogen and oxygen atoms in total. The molecule has 1 fully saturated rings. The van der Waals surface area contributed by atoms with Gasteiger partial charge in [0, 0.05) is 50.3 Å². The number of likely N-dealkylation sites (tertiary alicyclic amines) is 1. The third-order valence-corrected chi connectivity index (χ3v) is 6.03. The summed E-state index contributed by atoms with van der Waals surface area (Å²) in [5, 5.41) is 11.4. The largest absolute Gasteiger partial charge is 0.490 e. The number of carboxylic acids is 1. The predicted molar refractivity (Wildman–Crippen MR) is 111 cm³/mol. The highest BCUT2D eigenvalue weighted by molar-refractivity contribution is 5.73. The first-order valence-corrected chi connectivity index (χ1v) is 10.3. The normalized spacial score (nSPS) is 20.0. The second-order valence-electron chi connectivity index (χ2n) is 8.62. The van der Waals surface area contributed by atoms with Crippen LogP contribution in [-0.2, 0) is 31.4 Å². The number of hydrogen-bond acceptors (Lipinski definition) is 4. The summed E-state index contributed by atoms with van der Waals surface area (Å²) in [6.45, 7) is 4.17. The van der Waals surface area contributed by atoms with Crippen LogP contribution in [0.3, 0.4) is 0 Å². The molecular formula is C22H23F4N5O2. The molecule has 5 rings (SSSR count). The van der Waals surface area contributed by atoms with Gasteiger partial charge in [-0.2, -0.15) is 18.3 Å². The Morgan fingerprint density at radius 3 is 2.48 bits per heavy atom. The van der Waals surface area contributed by atoms with E-state index in [9.17, 15) is 17.6 Å². The lowest BCUT2D eigenvalue weighted by Gasteiger charge is -2.23. The van der Waals surface area contributed by atoms with E-state index in [-0.39, 0.29) is 11.2 Å². The van der Waals surface area contributed by atoms with Gasteiger partial charge in [0.25, 0.3) is 0 Å². The Kier molecular flexibility index (Phi) is 6.00. The van der Waals surface area contributed by atoms with Gasteiger partial charge >= 0.3 is 12.1 Å². The van der Waals surface area contributed by atoms with Crippen LogP contribution in [0.4, 0.5) is 17.6 Å². The number of aromatic nitrogens is 4. The second kappa shape index (κ2) is 8.62. The fourth-order valence-electron chi connectivity index (χ4n) is 4.56. The molecule has 4 heterocycles. The van der Waals surface area contributed by atoms with Crippen LogP contribution < -0.4 is 0 Å². The smallest absolute Gasteiger partial charge is 0.475 e. The summed E-state index contributed by atoms with van der Waals surface area (Å²) in [6, 6.07) is 6.72. The van der Waals surface area contributed by atoms with E-state index in [0.717, 1.165) is 49.7 Å². The van der Waals surface area contributed by atoms with E-state index in [1.807, 2.05) is 36.3 Å². The van der Waals surface area contributed by atoms with Crippen LogP contribution in [0.25, 0.3) is 11.3 Å². The Morgan fingerprint density at radius 2 is 1.88 bits per heavy atom. The van der Waals surface area contributed by atoms with Crippen LogP contribution in [-0.4, -0.2) is 54.6 Å². The molecule has 3 aromatic rings. The summed E-state index contributed by atoms with van der Waals surface area (Å²) < 4.78 is 49.2. The number of halogens is 4. The van der Waals surface area contributed by atoms with E-state index < -0.39 is 12.1 Å². The molecule has 176 valence electrons. The molecule has 0 saturated carbocycles. The Morgan fingerprint density at radius 1 is 1.18 bits per heavy atom. The number of aliphatic carboxylic acids is 1. The van der Waals surface area contributed by atoms with Crippen LogP contribution in [0.1, 0.15) is 17.8 Å². The van der Waals surface area contributed by atoms with E-state index in [4.69, 9.17) is 9.90 Å². The molecule has 1 aromatic carbocycles. The maximum Gasteiger partial charge on any atom is 0.490 e. The molecule has 2 aliphatic rings. The molecule has 33 heavy (non-hydrogen) atoms. The van der Waals surface area contributed by atoms with Gasteiger partial charge in [-0.1, -0.05) is 0 Å². The summed E-state index contributed by atoms with van der Waals surface area (Å²) in [5.41, 5.74) is 3.68. The van der Waals surface area contributed by atoms with Gasteiger partial charge in [-0.25, -0.2) is 14.2 Å². The summed E-state index contributed by atoms with van der Waals surface area (Å²) in [7, 11) is 1.96. The summed E-state index contributed by atoms with van der Waals surface area (Å²) in [4.78, 5) is 16.1. The highest BCUT2D eigenvalue weighted by Gasteiger charge is 2.44. The average Bonchev–Trinajstić information content (AvgIpc) is 3.49. The molecule has 0 radical (unpaired) electrons. The lowest BCUT2D eigenvalue weighted by atomic mass is 9.86. The monoisotopic (exact) mass is 465 g/mol. The number of benzene rings is 1. The molecule has 0 amide bonds. The van der Waals surface area contributed by atoms with Crippen molar-refractivity contribution in [2.75, 3.05) is 13.1 Å². The van der Waals surface area contributed by atoms with Crippen molar-refractivity contribution in [2.24, 2.45) is 12.5 Å². The van der Waals surface area contributed by atoms with Gasteiger partial charge < -0.3 is 9.67 Å². The molecule has 1 unspecified atom stereocenters. The van der Waals surface area contributed by atoms with Crippen molar-refractivity contribution in [3.63, 3.8) is 0 Å². The number of nitrogens with zero attached hydrogens (tertiary/aromatic N) is 5. The number of fused-ring (bicyclic) bond motifs is 1. The zero-order chi connectivity index (χ0) is 23.8. The molecule has 2 aromatic heterocycles. The predicted octanol–water partition coefficient (Wildman–Crippen LogP) is 3.50. The molecule has 2 aliphatic heterocycles. The number of aryl methyl sites for hydroxylation is 1. The Hall–Kier alpha value is -3.21. The minimum Gasteiger partial charge on any atom is -0.475 e.